The maximum Gasteiger partial charge on any atom is 0.309 e. The Morgan fingerprint density at radius 1 is 1.44 bits per heavy atom. The van der Waals surface area contributed by atoms with E-state index in [-0.39, 0.29) is 22.7 Å². The SMILES string of the molecule is COC(=O)C(C)CS(=O)C1CC(C)(C)OC1(C)C. The maximum atomic E-state index is 12.4. The molecular formula is C13H24O4S. The van der Waals surface area contributed by atoms with Crippen LogP contribution in [-0.4, -0.2) is 39.5 Å². The van der Waals surface area contributed by atoms with Crippen molar-refractivity contribution >= 4 is 16.8 Å². The van der Waals surface area contributed by atoms with E-state index in [4.69, 9.17) is 4.74 Å². The molecule has 1 saturated heterocycles. The highest BCUT2D eigenvalue weighted by Gasteiger charge is 2.48. The van der Waals surface area contributed by atoms with Gasteiger partial charge in [0.1, 0.15) is 0 Å². The minimum absolute atomic E-state index is 0.0420. The van der Waals surface area contributed by atoms with Gasteiger partial charge in [0, 0.05) is 16.6 Å². The maximum absolute atomic E-state index is 12.4. The molecule has 0 radical (unpaired) electrons. The summed E-state index contributed by atoms with van der Waals surface area (Å²) in [5, 5.41) is -0.0420. The molecule has 1 aliphatic rings. The van der Waals surface area contributed by atoms with Crippen LogP contribution in [0.3, 0.4) is 0 Å². The Hall–Kier alpha value is -0.420. The third-order valence-corrected chi connectivity index (χ3v) is 5.52. The van der Waals surface area contributed by atoms with Gasteiger partial charge in [-0.05, 0) is 34.1 Å². The van der Waals surface area contributed by atoms with E-state index in [0.29, 0.717) is 5.75 Å². The third kappa shape index (κ3) is 3.54. The average Bonchev–Trinajstić information content (AvgIpc) is 2.45. The molecule has 0 aliphatic carbocycles. The highest BCUT2D eigenvalue weighted by molar-refractivity contribution is 7.85. The lowest BCUT2D eigenvalue weighted by Crippen LogP contribution is -2.38. The van der Waals surface area contributed by atoms with Crippen molar-refractivity contribution in [2.24, 2.45) is 5.92 Å². The molecule has 1 aliphatic heterocycles. The molecular weight excluding hydrogens is 252 g/mol. The molecule has 0 aromatic heterocycles. The monoisotopic (exact) mass is 276 g/mol. The Morgan fingerprint density at radius 2 is 2.00 bits per heavy atom. The Balaban J connectivity index is 2.71. The van der Waals surface area contributed by atoms with Crippen molar-refractivity contribution in [1.82, 2.24) is 0 Å². The number of esters is 1. The van der Waals surface area contributed by atoms with Gasteiger partial charge in [-0.15, -0.1) is 0 Å². The van der Waals surface area contributed by atoms with Gasteiger partial charge >= 0.3 is 5.97 Å². The summed E-state index contributed by atoms with van der Waals surface area (Å²) in [5.41, 5.74) is -0.664. The number of hydrogen-bond donors (Lipinski definition) is 0. The first-order valence-electron chi connectivity index (χ1n) is 6.24. The topological polar surface area (TPSA) is 52.6 Å². The number of methoxy groups -OCH3 is 1. The summed E-state index contributed by atoms with van der Waals surface area (Å²) in [6.45, 7) is 9.70. The van der Waals surface area contributed by atoms with Crippen LogP contribution in [0.1, 0.15) is 41.0 Å². The average molecular weight is 276 g/mol. The molecule has 5 heteroatoms. The molecule has 0 aromatic carbocycles. The number of hydrogen-bond acceptors (Lipinski definition) is 4. The van der Waals surface area contributed by atoms with E-state index in [1.165, 1.54) is 7.11 Å². The molecule has 106 valence electrons. The van der Waals surface area contributed by atoms with Gasteiger partial charge in [0.15, 0.2) is 0 Å². The van der Waals surface area contributed by atoms with Crippen molar-refractivity contribution in [3.05, 3.63) is 0 Å². The summed E-state index contributed by atoms with van der Waals surface area (Å²) in [5.74, 6) is -0.310. The number of carbonyl (C=O) groups is 1. The summed E-state index contributed by atoms with van der Waals surface area (Å²) in [4.78, 5) is 11.4. The zero-order valence-electron chi connectivity index (χ0n) is 12.1. The lowest BCUT2D eigenvalue weighted by atomic mass is 10.0. The molecule has 3 unspecified atom stereocenters. The molecule has 4 nitrogen and oxygen atoms in total. The zero-order valence-corrected chi connectivity index (χ0v) is 12.9. The van der Waals surface area contributed by atoms with E-state index in [1.54, 1.807) is 6.92 Å². The van der Waals surface area contributed by atoms with Gasteiger partial charge in [-0.3, -0.25) is 9.00 Å². The second kappa shape index (κ2) is 5.29. The molecule has 3 atom stereocenters. The minimum atomic E-state index is -1.09. The molecule has 1 heterocycles. The Morgan fingerprint density at radius 3 is 2.39 bits per heavy atom. The standard InChI is InChI=1S/C13H24O4S/c1-9(11(14)16-6)8-18(15)10-7-12(2,3)17-13(10,4)5/h9-10H,7-8H2,1-6H3. The Kier molecular flexibility index (Phi) is 4.60. The first-order chi connectivity index (χ1) is 8.09. The van der Waals surface area contributed by atoms with Crippen LogP contribution in [0.5, 0.6) is 0 Å². The second-order valence-corrected chi connectivity index (χ2v) is 7.79. The smallest absolute Gasteiger partial charge is 0.309 e. The van der Waals surface area contributed by atoms with E-state index in [2.05, 4.69) is 4.74 Å². The summed E-state index contributed by atoms with van der Waals surface area (Å²) >= 11 is 0. The Bertz CT molecular complexity index is 349. The van der Waals surface area contributed by atoms with Gasteiger partial charge in [-0.25, -0.2) is 0 Å². The molecule has 0 bridgehead atoms. The molecule has 0 spiro atoms. The summed E-state index contributed by atoms with van der Waals surface area (Å²) < 4.78 is 23.0. The lowest BCUT2D eigenvalue weighted by Gasteiger charge is -2.27. The van der Waals surface area contributed by atoms with E-state index < -0.39 is 16.4 Å². The molecule has 0 saturated carbocycles. The van der Waals surface area contributed by atoms with Gasteiger partial charge in [0.05, 0.1) is 29.5 Å². The van der Waals surface area contributed by atoms with Crippen molar-refractivity contribution in [3.63, 3.8) is 0 Å². The van der Waals surface area contributed by atoms with Gasteiger partial charge in [-0.1, -0.05) is 6.92 Å². The van der Waals surface area contributed by atoms with Gasteiger partial charge in [-0.2, -0.15) is 0 Å². The van der Waals surface area contributed by atoms with Crippen molar-refractivity contribution in [3.8, 4) is 0 Å². The first kappa shape index (κ1) is 15.6. The van der Waals surface area contributed by atoms with Crippen LogP contribution in [0.15, 0.2) is 0 Å². The van der Waals surface area contributed by atoms with Crippen molar-refractivity contribution in [2.75, 3.05) is 12.9 Å². The fourth-order valence-electron chi connectivity index (χ4n) is 2.55. The Labute approximate surface area is 112 Å². The van der Waals surface area contributed by atoms with Gasteiger partial charge < -0.3 is 9.47 Å². The number of rotatable bonds is 4. The normalized spacial score (nSPS) is 28.7. The van der Waals surface area contributed by atoms with Crippen LogP contribution in [0.2, 0.25) is 0 Å². The van der Waals surface area contributed by atoms with Crippen LogP contribution in [0.25, 0.3) is 0 Å². The largest absolute Gasteiger partial charge is 0.469 e. The number of carbonyl (C=O) groups excluding carboxylic acids is 1. The highest BCUT2D eigenvalue weighted by atomic mass is 32.2. The van der Waals surface area contributed by atoms with E-state index in [9.17, 15) is 9.00 Å². The predicted molar refractivity (Wildman–Crippen MR) is 71.8 cm³/mol. The van der Waals surface area contributed by atoms with Crippen LogP contribution in [0, 0.1) is 5.92 Å². The highest BCUT2D eigenvalue weighted by Crippen LogP contribution is 2.40. The van der Waals surface area contributed by atoms with E-state index >= 15 is 0 Å². The van der Waals surface area contributed by atoms with Gasteiger partial charge in [0.2, 0.25) is 0 Å². The minimum Gasteiger partial charge on any atom is -0.469 e. The summed E-state index contributed by atoms with van der Waals surface area (Å²) in [6, 6.07) is 0. The molecule has 0 aromatic rings. The quantitative estimate of drug-likeness (QED) is 0.736. The fourth-order valence-corrected chi connectivity index (χ4v) is 4.68. The number of ether oxygens (including phenoxy) is 2. The van der Waals surface area contributed by atoms with Gasteiger partial charge in [0.25, 0.3) is 0 Å². The second-order valence-electron chi connectivity index (χ2n) is 6.13. The third-order valence-electron chi connectivity index (χ3n) is 3.33. The fraction of sp³-hybridized carbons (Fsp3) is 0.923. The van der Waals surface area contributed by atoms with Crippen LogP contribution < -0.4 is 0 Å². The molecule has 0 N–H and O–H groups in total. The first-order valence-corrected chi connectivity index (χ1v) is 7.62. The van der Waals surface area contributed by atoms with Crippen molar-refractivity contribution < 1.29 is 18.5 Å². The predicted octanol–water partition coefficient (Wildman–Crippen LogP) is 1.89. The summed E-state index contributed by atoms with van der Waals surface area (Å²) in [6.07, 6.45) is 0.750. The van der Waals surface area contributed by atoms with E-state index in [0.717, 1.165) is 6.42 Å². The summed E-state index contributed by atoms with van der Waals surface area (Å²) in [7, 11) is 0.265. The van der Waals surface area contributed by atoms with Crippen LogP contribution in [-0.2, 0) is 25.1 Å². The van der Waals surface area contributed by atoms with Crippen molar-refractivity contribution in [1.29, 1.82) is 0 Å². The van der Waals surface area contributed by atoms with E-state index in [1.807, 2.05) is 27.7 Å². The molecule has 0 amide bonds. The van der Waals surface area contributed by atoms with Crippen LogP contribution in [0.4, 0.5) is 0 Å². The van der Waals surface area contributed by atoms with Crippen molar-refractivity contribution in [2.45, 2.75) is 57.5 Å². The lowest BCUT2D eigenvalue weighted by molar-refractivity contribution is -0.144. The molecule has 18 heavy (non-hydrogen) atoms. The molecule has 1 fully saturated rings. The molecule has 1 rings (SSSR count). The van der Waals surface area contributed by atoms with Crippen LogP contribution >= 0.6 is 0 Å². The zero-order chi connectivity index (χ0) is 14.1.